The van der Waals surface area contributed by atoms with Crippen LogP contribution in [0.1, 0.15) is 15.9 Å². The smallest absolute Gasteiger partial charge is 0.189 e. The van der Waals surface area contributed by atoms with E-state index in [2.05, 4.69) is 0 Å². The van der Waals surface area contributed by atoms with Crippen LogP contribution in [-0.2, 0) is 0 Å². The number of aromatic hydroxyl groups is 3. The second-order valence-corrected chi connectivity index (χ2v) is 5.12. The van der Waals surface area contributed by atoms with Gasteiger partial charge in [-0.1, -0.05) is 36.4 Å². The molecule has 114 valence electrons. The van der Waals surface area contributed by atoms with Crippen LogP contribution in [0.3, 0.4) is 0 Å². The molecule has 0 saturated carbocycles. The summed E-state index contributed by atoms with van der Waals surface area (Å²) in [7, 11) is 0. The highest BCUT2D eigenvalue weighted by Gasteiger charge is 2.09. The number of allylic oxidation sites excluding steroid dienone is 1. The Morgan fingerprint density at radius 2 is 1.57 bits per heavy atom. The quantitative estimate of drug-likeness (QED) is 0.507. The summed E-state index contributed by atoms with van der Waals surface area (Å²) in [5.74, 6) is -0.567. The molecule has 0 aliphatic carbocycles. The van der Waals surface area contributed by atoms with E-state index < -0.39 is 0 Å². The number of fused-ring (bicyclic) bond motifs is 1. The molecule has 0 saturated heterocycles. The number of carbonyl (C=O) groups excluding carboxylic acids is 1. The second-order valence-electron chi connectivity index (χ2n) is 5.12. The van der Waals surface area contributed by atoms with Crippen molar-refractivity contribution >= 4 is 22.6 Å². The SMILES string of the molecule is O=C(/C=C/c1ccc(O)c2ccccc12)c1ccc(O)cc1O. The molecule has 4 nitrogen and oxygen atoms in total. The van der Waals surface area contributed by atoms with E-state index in [9.17, 15) is 20.1 Å². The number of hydrogen-bond acceptors (Lipinski definition) is 4. The first-order valence-corrected chi connectivity index (χ1v) is 7.01. The Morgan fingerprint density at radius 3 is 2.30 bits per heavy atom. The van der Waals surface area contributed by atoms with Crippen molar-refractivity contribution in [3.05, 3.63) is 71.8 Å². The Bertz CT molecular complexity index is 926. The highest BCUT2D eigenvalue weighted by atomic mass is 16.3. The molecular formula is C19H14O4. The Balaban J connectivity index is 1.97. The van der Waals surface area contributed by atoms with E-state index in [0.29, 0.717) is 5.39 Å². The molecular weight excluding hydrogens is 292 g/mol. The Morgan fingerprint density at radius 1 is 0.826 bits per heavy atom. The van der Waals surface area contributed by atoms with Gasteiger partial charge >= 0.3 is 0 Å². The predicted molar refractivity (Wildman–Crippen MR) is 88.7 cm³/mol. The van der Waals surface area contributed by atoms with Gasteiger partial charge in [0.25, 0.3) is 0 Å². The lowest BCUT2D eigenvalue weighted by Crippen LogP contribution is -1.94. The fourth-order valence-corrected chi connectivity index (χ4v) is 2.44. The average Bonchev–Trinajstić information content (AvgIpc) is 2.54. The van der Waals surface area contributed by atoms with Crippen molar-refractivity contribution in [2.75, 3.05) is 0 Å². The van der Waals surface area contributed by atoms with Crippen molar-refractivity contribution in [1.29, 1.82) is 0 Å². The van der Waals surface area contributed by atoms with Gasteiger partial charge in [-0.3, -0.25) is 4.79 Å². The van der Waals surface area contributed by atoms with E-state index in [1.54, 1.807) is 24.3 Å². The van der Waals surface area contributed by atoms with E-state index in [-0.39, 0.29) is 28.6 Å². The van der Waals surface area contributed by atoms with Crippen LogP contribution in [0.25, 0.3) is 16.8 Å². The summed E-state index contributed by atoms with van der Waals surface area (Å²) in [6.45, 7) is 0. The van der Waals surface area contributed by atoms with Gasteiger partial charge in [-0.15, -0.1) is 0 Å². The van der Waals surface area contributed by atoms with Crippen LogP contribution in [0, 0.1) is 0 Å². The Hall–Kier alpha value is -3.27. The molecule has 0 aliphatic heterocycles. The van der Waals surface area contributed by atoms with Gasteiger partial charge in [0.15, 0.2) is 5.78 Å². The lowest BCUT2D eigenvalue weighted by Gasteiger charge is -2.05. The van der Waals surface area contributed by atoms with E-state index in [4.69, 9.17) is 0 Å². The Kier molecular flexibility index (Phi) is 3.73. The molecule has 3 aromatic rings. The molecule has 3 N–H and O–H groups in total. The molecule has 3 aromatic carbocycles. The van der Waals surface area contributed by atoms with Crippen LogP contribution in [0.15, 0.2) is 60.7 Å². The molecule has 0 heterocycles. The third-order valence-corrected chi connectivity index (χ3v) is 3.60. The maximum absolute atomic E-state index is 12.2. The zero-order valence-electron chi connectivity index (χ0n) is 12.1. The molecule has 0 unspecified atom stereocenters. The van der Waals surface area contributed by atoms with Gasteiger partial charge in [0.1, 0.15) is 17.2 Å². The lowest BCUT2D eigenvalue weighted by molar-refractivity contribution is 0.104. The standard InChI is InChI=1S/C19H14O4/c20-13-7-8-16(19(23)11-13)18(22)10-6-12-5-9-17(21)15-4-2-1-3-14(12)15/h1-11,20-21,23H/b10-6+. The van der Waals surface area contributed by atoms with E-state index >= 15 is 0 Å². The van der Waals surface area contributed by atoms with Gasteiger partial charge in [-0.05, 0) is 35.2 Å². The number of benzene rings is 3. The van der Waals surface area contributed by atoms with Crippen molar-refractivity contribution < 1.29 is 20.1 Å². The molecule has 0 spiro atoms. The largest absolute Gasteiger partial charge is 0.508 e. The van der Waals surface area contributed by atoms with Crippen molar-refractivity contribution in [3.8, 4) is 17.2 Å². The van der Waals surface area contributed by atoms with E-state index in [1.165, 1.54) is 18.2 Å². The fraction of sp³-hybridized carbons (Fsp3) is 0. The summed E-state index contributed by atoms with van der Waals surface area (Å²) in [6, 6.07) is 14.5. The molecule has 0 aromatic heterocycles. The van der Waals surface area contributed by atoms with Gasteiger partial charge in [-0.25, -0.2) is 0 Å². The highest BCUT2D eigenvalue weighted by molar-refractivity contribution is 6.09. The van der Waals surface area contributed by atoms with Crippen molar-refractivity contribution in [3.63, 3.8) is 0 Å². The molecule has 0 bridgehead atoms. The first-order chi connectivity index (χ1) is 11.1. The Labute approximate surface area is 132 Å². The fourth-order valence-electron chi connectivity index (χ4n) is 2.44. The first-order valence-electron chi connectivity index (χ1n) is 7.01. The van der Waals surface area contributed by atoms with E-state index in [0.717, 1.165) is 17.0 Å². The highest BCUT2D eigenvalue weighted by Crippen LogP contribution is 2.28. The van der Waals surface area contributed by atoms with Gasteiger partial charge in [0.2, 0.25) is 0 Å². The maximum atomic E-state index is 12.2. The summed E-state index contributed by atoms with van der Waals surface area (Å²) in [5.41, 5.74) is 0.896. The summed E-state index contributed by atoms with van der Waals surface area (Å²) in [6.07, 6.45) is 2.99. The number of ketones is 1. The van der Waals surface area contributed by atoms with Crippen LogP contribution >= 0.6 is 0 Å². The second kappa shape index (κ2) is 5.85. The van der Waals surface area contributed by atoms with Gasteiger partial charge in [0, 0.05) is 11.5 Å². The van der Waals surface area contributed by atoms with Crippen molar-refractivity contribution in [2.45, 2.75) is 0 Å². The molecule has 0 aliphatic rings. The van der Waals surface area contributed by atoms with Crippen LogP contribution < -0.4 is 0 Å². The van der Waals surface area contributed by atoms with Crippen LogP contribution in [-0.4, -0.2) is 21.1 Å². The van der Waals surface area contributed by atoms with Crippen molar-refractivity contribution in [1.82, 2.24) is 0 Å². The summed E-state index contributed by atoms with van der Waals surface area (Å²) >= 11 is 0. The minimum absolute atomic E-state index is 0.104. The third kappa shape index (κ3) is 2.87. The maximum Gasteiger partial charge on any atom is 0.189 e. The van der Waals surface area contributed by atoms with Gasteiger partial charge in [0.05, 0.1) is 5.56 Å². The first kappa shape index (κ1) is 14.7. The molecule has 0 fully saturated rings. The summed E-state index contributed by atoms with van der Waals surface area (Å²) in [5, 5.41) is 30.4. The zero-order chi connectivity index (χ0) is 16.4. The van der Waals surface area contributed by atoms with Crippen LogP contribution in [0.4, 0.5) is 0 Å². The number of hydrogen-bond donors (Lipinski definition) is 3. The summed E-state index contributed by atoms with van der Waals surface area (Å²) < 4.78 is 0. The predicted octanol–water partition coefficient (Wildman–Crippen LogP) is 3.85. The molecule has 4 heteroatoms. The third-order valence-electron chi connectivity index (χ3n) is 3.60. The molecule has 23 heavy (non-hydrogen) atoms. The van der Waals surface area contributed by atoms with Crippen LogP contribution in [0.2, 0.25) is 0 Å². The minimum Gasteiger partial charge on any atom is -0.508 e. The van der Waals surface area contributed by atoms with Gasteiger partial charge in [-0.2, -0.15) is 0 Å². The normalized spacial score (nSPS) is 11.1. The molecule has 0 radical (unpaired) electrons. The number of rotatable bonds is 3. The van der Waals surface area contributed by atoms with E-state index in [1.807, 2.05) is 18.2 Å². The zero-order valence-corrected chi connectivity index (χ0v) is 12.1. The monoisotopic (exact) mass is 306 g/mol. The molecule has 3 rings (SSSR count). The lowest BCUT2D eigenvalue weighted by atomic mass is 10.0. The summed E-state index contributed by atoms with van der Waals surface area (Å²) in [4.78, 5) is 12.2. The minimum atomic E-state index is -0.375. The number of carbonyl (C=O) groups is 1. The number of phenols is 3. The average molecular weight is 306 g/mol. The van der Waals surface area contributed by atoms with Crippen LogP contribution in [0.5, 0.6) is 17.2 Å². The topological polar surface area (TPSA) is 77.8 Å². The molecule has 0 amide bonds. The molecule has 0 atom stereocenters. The van der Waals surface area contributed by atoms with Crippen molar-refractivity contribution in [2.24, 2.45) is 0 Å². The number of phenolic OH excluding ortho intramolecular Hbond substituents is 3. The van der Waals surface area contributed by atoms with Gasteiger partial charge < -0.3 is 15.3 Å².